The van der Waals surface area contributed by atoms with Crippen molar-refractivity contribution >= 4 is 21.9 Å². The van der Waals surface area contributed by atoms with Crippen LogP contribution in [0.4, 0.5) is 13.2 Å². The number of fused-ring (bicyclic) bond motifs is 3. The van der Waals surface area contributed by atoms with Crippen LogP contribution in [0.5, 0.6) is 0 Å². The van der Waals surface area contributed by atoms with E-state index >= 15 is 0 Å². The summed E-state index contributed by atoms with van der Waals surface area (Å²) in [5.41, 5.74) is 4.64. The van der Waals surface area contributed by atoms with Gasteiger partial charge in [0.2, 0.25) is 0 Å². The van der Waals surface area contributed by atoms with Crippen LogP contribution in [0.15, 0.2) is 61.2 Å². The van der Waals surface area contributed by atoms with Gasteiger partial charge in [0.25, 0.3) is 0 Å². The van der Waals surface area contributed by atoms with Gasteiger partial charge in [-0.3, -0.25) is 9.97 Å². The van der Waals surface area contributed by atoms with Gasteiger partial charge in [0.05, 0.1) is 51.6 Å². The zero-order valence-corrected chi connectivity index (χ0v) is 21.1. The molecule has 0 saturated carbocycles. The van der Waals surface area contributed by atoms with Crippen molar-refractivity contribution in [2.24, 2.45) is 7.05 Å². The molecule has 6 nitrogen and oxygen atoms in total. The van der Waals surface area contributed by atoms with Crippen LogP contribution in [0, 0.1) is 6.92 Å². The summed E-state index contributed by atoms with van der Waals surface area (Å²) in [6, 6.07) is 12.1. The number of hydrogen-bond acceptors (Lipinski definition) is 4. The molecular formula is C28H28F3N5O. The van der Waals surface area contributed by atoms with E-state index in [-0.39, 0.29) is 6.42 Å². The third-order valence-corrected chi connectivity index (χ3v) is 6.78. The second-order valence-electron chi connectivity index (χ2n) is 9.97. The Morgan fingerprint density at radius 3 is 2.41 bits per heavy atom. The summed E-state index contributed by atoms with van der Waals surface area (Å²) in [6.07, 6.45) is -0.394. The van der Waals surface area contributed by atoms with E-state index < -0.39 is 24.2 Å². The summed E-state index contributed by atoms with van der Waals surface area (Å²) in [6.45, 7) is 5.27. The van der Waals surface area contributed by atoms with Crippen molar-refractivity contribution in [1.82, 2.24) is 24.1 Å². The minimum absolute atomic E-state index is 0.193. The molecule has 4 heterocycles. The summed E-state index contributed by atoms with van der Waals surface area (Å²) in [5, 5.41) is 11.5. The third kappa shape index (κ3) is 4.71. The van der Waals surface area contributed by atoms with Crippen LogP contribution in [-0.2, 0) is 12.6 Å². The van der Waals surface area contributed by atoms with Crippen molar-refractivity contribution in [1.29, 1.82) is 0 Å². The first-order valence-corrected chi connectivity index (χ1v) is 12.1. The highest BCUT2D eigenvalue weighted by Crippen LogP contribution is 2.39. The second-order valence-corrected chi connectivity index (χ2v) is 9.97. The van der Waals surface area contributed by atoms with E-state index in [0.29, 0.717) is 27.8 Å². The Labute approximate surface area is 212 Å². The molecule has 4 aromatic heterocycles. The van der Waals surface area contributed by atoms with Crippen LogP contribution in [0.25, 0.3) is 33.2 Å². The van der Waals surface area contributed by atoms with Crippen LogP contribution < -0.4 is 0 Å². The zero-order chi connectivity index (χ0) is 26.5. The van der Waals surface area contributed by atoms with Gasteiger partial charge in [-0.25, -0.2) is 4.98 Å². The Kier molecular flexibility index (Phi) is 6.06. The molecule has 1 unspecified atom stereocenters. The number of rotatable bonds is 6. The number of halogens is 3. The molecule has 5 rings (SSSR count). The lowest BCUT2D eigenvalue weighted by Gasteiger charge is -2.23. The zero-order valence-electron chi connectivity index (χ0n) is 21.1. The van der Waals surface area contributed by atoms with Gasteiger partial charge in [-0.1, -0.05) is 18.2 Å². The number of nitrogens with zero attached hydrogens (tertiary/aromatic N) is 5. The summed E-state index contributed by atoms with van der Waals surface area (Å²) >= 11 is 0. The maximum atomic E-state index is 13.5. The van der Waals surface area contributed by atoms with E-state index in [1.807, 2.05) is 47.4 Å². The number of aliphatic hydroxyl groups is 1. The van der Waals surface area contributed by atoms with Crippen LogP contribution in [0.2, 0.25) is 0 Å². The average Bonchev–Trinajstić information content (AvgIpc) is 3.34. The lowest BCUT2D eigenvalue weighted by Crippen LogP contribution is -2.18. The molecule has 1 aromatic carbocycles. The second kappa shape index (κ2) is 8.99. The van der Waals surface area contributed by atoms with Gasteiger partial charge in [-0.05, 0) is 57.0 Å². The highest BCUT2D eigenvalue weighted by atomic mass is 19.4. The molecule has 192 valence electrons. The average molecular weight is 508 g/mol. The number of pyridine rings is 2. The van der Waals surface area contributed by atoms with E-state index in [1.54, 1.807) is 50.8 Å². The SMILES string of the molecule is Cc1ncn(C)c1-c1cnc2c3ccc(C(C)(C)O)cc3n(C(CCC(F)(F)F)c3ccccn3)c2c1. The maximum absolute atomic E-state index is 13.5. The van der Waals surface area contributed by atoms with Crippen molar-refractivity contribution in [2.75, 3.05) is 0 Å². The fourth-order valence-corrected chi connectivity index (χ4v) is 4.99. The molecule has 0 radical (unpaired) electrons. The highest BCUT2D eigenvalue weighted by Gasteiger charge is 2.31. The van der Waals surface area contributed by atoms with Gasteiger partial charge >= 0.3 is 6.18 Å². The maximum Gasteiger partial charge on any atom is 0.389 e. The van der Waals surface area contributed by atoms with Crippen molar-refractivity contribution in [3.8, 4) is 11.3 Å². The summed E-state index contributed by atoms with van der Waals surface area (Å²) in [7, 11) is 1.89. The molecule has 0 aliphatic carbocycles. The molecule has 0 amide bonds. The van der Waals surface area contributed by atoms with Crippen molar-refractivity contribution < 1.29 is 18.3 Å². The Hall–Kier alpha value is -3.72. The molecule has 0 aliphatic heterocycles. The summed E-state index contributed by atoms with van der Waals surface area (Å²) in [4.78, 5) is 13.6. The number of aromatic nitrogens is 5. The number of imidazole rings is 1. The summed E-state index contributed by atoms with van der Waals surface area (Å²) in [5.74, 6) is 0. The quantitative estimate of drug-likeness (QED) is 0.287. The topological polar surface area (TPSA) is 68.8 Å². The van der Waals surface area contributed by atoms with Gasteiger partial charge in [0, 0.05) is 36.8 Å². The normalized spacial score (nSPS) is 13.5. The molecule has 1 N–H and O–H groups in total. The van der Waals surface area contributed by atoms with E-state index in [0.717, 1.165) is 22.3 Å². The van der Waals surface area contributed by atoms with Crippen LogP contribution in [-0.4, -0.2) is 35.4 Å². The van der Waals surface area contributed by atoms with E-state index in [1.165, 1.54) is 0 Å². The van der Waals surface area contributed by atoms with Crippen LogP contribution in [0.1, 0.15) is 49.7 Å². The Morgan fingerprint density at radius 2 is 1.78 bits per heavy atom. The van der Waals surface area contributed by atoms with Crippen LogP contribution >= 0.6 is 0 Å². The number of alkyl halides is 3. The molecule has 1 atom stereocenters. The third-order valence-electron chi connectivity index (χ3n) is 6.78. The largest absolute Gasteiger partial charge is 0.389 e. The first-order chi connectivity index (χ1) is 17.4. The number of hydrogen-bond donors (Lipinski definition) is 1. The number of aryl methyl sites for hydroxylation is 2. The molecule has 0 bridgehead atoms. The fraction of sp³-hybridized carbons (Fsp3) is 0.321. The van der Waals surface area contributed by atoms with E-state index in [4.69, 9.17) is 4.98 Å². The van der Waals surface area contributed by atoms with Gasteiger partial charge < -0.3 is 14.2 Å². The molecule has 0 fully saturated rings. The standard InChI is InChI=1S/C28H28F3N5O/c1-17-26(35(4)16-34-17)18-13-24-25(33-15-18)20-9-8-19(27(2,3)37)14-23(20)36(24)22(10-11-28(29,30)31)21-7-5-6-12-32-21/h5-9,12-16,22,37H,10-11H2,1-4H3. The smallest absolute Gasteiger partial charge is 0.386 e. The lowest BCUT2D eigenvalue weighted by molar-refractivity contribution is -0.136. The first-order valence-electron chi connectivity index (χ1n) is 12.1. The molecule has 37 heavy (non-hydrogen) atoms. The monoisotopic (exact) mass is 507 g/mol. The van der Waals surface area contributed by atoms with Gasteiger partial charge in [-0.2, -0.15) is 13.2 Å². The summed E-state index contributed by atoms with van der Waals surface area (Å²) < 4.78 is 44.2. The van der Waals surface area contributed by atoms with Gasteiger partial charge in [0.1, 0.15) is 0 Å². The highest BCUT2D eigenvalue weighted by molar-refractivity contribution is 6.07. The van der Waals surface area contributed by atoms with Crippen molar-refractivity contribution in [3.63, 3.8) is 0 Å². The van der Waals surface area contributed by atoms with Crippen LogP contribution in [0.3, 0.4) is 0 Å². The first kappa shape index (κ1) is 25.0. The van der Waals surface area contributed by atoms with E-state index in [9.17, 15) is 18.3 Å². The molecule has 5 aromatic rings. The molecular weight excluding hydrogens is 479 g/mol. The molecule has 0 aliphatic rings. The molecule has 9 heteroatoms. The Morgan fingerprint density at radius 1 is 1.00 bits per heavy atom. The minimum atomic E-state index is -4.32. The molecule has 0 spiro atoms. The van der Waals surface area contributed by atoms with E-state index in [2.05, 4.69) is 9.97 Å². The Bertz CT molecular complexity index is 1560. The van der Waals surface area contributed by atoms with Crippen molar-refractivity contribution in [2.45, 2.75) is 51.4 Å². The number of benzene rings is 1. The predicted molar refractivity (Wildman–Crippen MR) is 137 cm³/mol. The lowest BCUT2D eigenvalue weighted by atomic mass is 9.97. The van der Waals surface area contributed by atoms with Gasteiger partial charge in [-0.15, -0.1) is 0 Å². The van der Waals surface area contributed by atoms with Gasteiger partial charge in [0.15, 0.2) is 0 Å². The molecule has 0 saturated heterocycles. The predicted octanol–water partition coefficient (Wildman–Crippen LogP) is 6.45. The Balaban J connectivity index is 1.84. The van der Waals surface area contributed by atoms with Crippen molar-refractivity contribution in [3.05, 3.63) is 78.1 Å². The fourth-order valence-electron chi connectivity index (χ4n) is 4.99. The minimum Gasteiger partial charge on any atom is -0.386 e.